The first kappa shape index (κ1) is 9.06. The van der Waals surface area contributed by atoms with Crippen LogP contribution in [0.4, 0.5) is 0 Å². The number of rotatable bonds is 2. The van der Waals surface area contributed by atoms with Gasteiger partial charge in [-0.1, -0.05) is 0 Å². The van der Waals surface area contributed by atoms with Crippen molar-refractivity contribution in [1.82, 2.24) is 9.36 Å². The van der Waals surface area contributed by atoms with Crippen molar-refractivity contribution < 1.29 is 0 Å². The summed E-state index contributed by atoms with van der Waals surface area (Å²) in [5, 5.41) is 0. The van der Waals surface area contributed by atoms with E-state index in [-0.39, 0.29) is 5.56 Å². The molecule has 1 aromatic heterocycles. The van der Waals surface area contributed by atoms with Crippen molar-refractivity contribution in [2.24, 2.45) is 19.8 Å². The number of nitrogens with two attached hydrogens (primary N) is 1. The summed E-state index contributed by atoms with van der Waals surface area (Å²) < 4.78 is 3.44. The molecule has 0 unspecified atom stereocenters. The normalized spacial score (nSPS) is 10.7. The third-order valence-corrected chi connectivity index (χ3v) is 2.32. The van der Waals surface area contributed by atoms with E-state index < -0.39 is 0 Å². The summed E-state index contributed by atoms with van der Waals surface area (Å²) in [5.74, 6) is 0. The fraction of sp³-hybridized carbons (Fsp3) is 0.625. The van der Waals surface area contributed by atoms with Crippen LogP contribution in [0, 0.1) is 6.92 Å². The highest BCUT2D eigenvalue weighted by molar-refractivity contribution is 5.17. The zero-order chi connectivity index (χ0) is 9.30. The molecular formula is C8H15N3O. The summed E-state index contributed by atoms with van der Waals surface area (Å²) in [4.78, 5) is 11.5. The van der Waals surface area contributed by atoms with Crippen LogP contribution in [0.2, 0.25) is 0 Å². The molecule has 2 N–H and O–H groups in total. The lowest BCUT2D eigenvalue weighted by molar-refractivity contribution is 0.567. The highest BCUT2D eigenvalue weighted by Gasteiger charge is 2.10. The van der Waals surface area contributed by atoms with Gasteiger partial charge in [0.25, 0.3) is 5.56 Å². The van der Waals surface area contributed by atoms with Gasteiger partial charge < -0.3 is 5.73 Å². The third kappa shape index (κ3) is 1.18. The van der Waals surface area contributed by atoms with E-state index in [1.54, 1.807) is 11.7 Å². The van der Waals surface area contributed by atoms with Crippen molar-refractivity contribution in [3.63, 3.8) is 0 Å². The molecule has 4 nitrogen and oxygen atoms in total. The SMILES string of the molecule is Cc1c(CCN)c(=O)n(C)n1C. The molecule has 0 bridgehead atoms. The minimum atomic E-state index is 0.0699. The molecule has 0 saturated carbocycles. The van der Waals surface area contributed by atoms with Crippen LogP contribution in [-0.2, 0) is 20.5 Å². The quantitative estimate of drug-likeness (QED) is 0.651. The number of hydrogen-bond acceptors (Lipinski definition) is 2. The summed E-state index contributed by atoms with van der Waals surface area (Å²) in [6, 6.07) is 0. The highest BCUT2D eigenvalue weighted by atomic mass is 16.1. The first-order valence-corrected chi connectivity index (χ1v) is 4.01. The van der Waals surface area contributed by atoms with Crippen molar-refractivity contribution in [2.75, 3.05) is 6.54 Å². The maximum absolute atomic E-state index is 11.5. The largest absolute Gasteiger partial charge is 0.330 e. The van der Waals surface area contributed by atoms with Crippen LogP contribution >= 0.6 is 0 Å². The Labute approximate surface area is 71.6 Å². The van der Waals surface area contributed by atoms with Gasteiger partial charge in [-0.2, -0.15) is 0 Å². The van der Waals surface area contributed by atoms with Crippen LogP contribution < -0.4 is 11.3 Å². The van der Waals surface area contributed by atoms with E-state index in [1.807, 2.05) is 18.7 Å². The molecule has 0 aliphatic rings. The van der Waals surface area contributed by atoms with Crippen LogP contribution in [0.1, 0.15) is 11.3 Å². The molecule has 1 rings (SSSR count). The molecule has 0 saturated heterocycles. The van der Waals surface area contributed by atoms with Crippen LogP contribution in [0.5, 0.6) is 0 Å². The van der Waals surface area contributed by atoms with Crippen LogP contribution in [0.15, 0.2) is 4.79 Å². The molecule has 4 heteroatoms. The van der Waals surface area contributed by atoms with Gasteiger partial charge >= 0.3 is 0 Å². The first-order valence-electron chi connectivity index (χ1n) is 4.01. The van der Waals surface area contributed by atoms with Crippen molar-refractivity contribution in [2.45, 2.75) is 13.3 Å². The molecular weight excluding hydrogens is 154 g/mol. The molecule has 1 aromatic rings. The Morgan fingerprint density at radius 1 is 1.33 bits per heavy atom. The molecule has 12 heavy (non-hydrogen) atoms. The maximum atomic E-state index is 11.5. The number of nitrogens with zero attached hydrogens (tertiary/aromatic N) is 2. The Hall–Kier alpha value is -1.03. The average Bonchev–Trinajstić information content (AvgIpc) is 2.23. The molecule has 68 valence electrons. The minimum absolute atomic E-state index is 0.0699. The molecule has 0 radical (unpaired) electrons. The van der Waals surface area contributed by atoms with E-state index in [4.69, 9.17) is 5.73 Å². The Balaban J connectivity index is 3.28. The third-order valence-electron chi connectivity index (χ3n) is 2.32. The number of aromatic nitrogens is 2. The molecule has 0 spiro atoms. The second kappa shape index (κ2) is 3.15. The van der Waals surface area contributed by atoms with Crippen LogP contribution in [-0.4, -0.2) is 15.9 Å². The van der Waals surface area contributed by atoms with Gasteiger partial charge in [-0.05, 0) is 19.9 Å². The summed E-state index contributed by atoms with van der Waals surface area (Å²) in [6.45, 7) is 2.46. The predicted octanol–water partition coefficient (Wildman–Crippen LogP) is -0.467. The smallest absolute Gasteiger partial charge is 0.269 e. The van der Waals surface area contributed by atoms with E-state index in [0.717, 1.165) is 11.3 Å². The van der Waals surface area contributed by atoms with Crippen molar-refractivity contribution in [3.05, 3.63) is 21.6 Å². The predicted molar refractivity (Wildman–Crippen MR) is 48.1 cm³/mol. The summed E-state index contributed by atoms with van der Waals surface area (Å²) in [6.07, 6.45) is 0.666. The molecule has 0 amide bonds. The fourth-order valence-electron chi connectivity index (χ4n) is 1.34. The van der Waals surface area contributed by atoms with Crippen LogP contribution in [0.25, 0.3) is 0 Å². The van der Waals surface area contributed by atoms with Gasteiger partial charge in [-0.25, -0.2) is 0 Å². The van der Waals surface area contributed by atoms with Gasteiger partial charge in [0.2, 0.25) is 0 Å². The fourth-order valence-corrected chi connectivity index (χ4v) is 1.34. The maximum Gasteiger partial charge on any atom is 0.269 e. The van der Waals surface area contributed by atoms with Gasteiger partial charge in [0.05, 0.1) is 0 Å². The molecule has 0 aliphatic heterocycles. The average molecular weight is 169 g/mol. The Morgan fingerprint density at radius 2 is 1.92 bits per heavy atom. The molecule has 0 aliphatic carbocycles. The zero-order valence-electron chi connectivity index (χ0n) is 7.79. The van der Waals surface area contributed by atoms with Gasteiger partial charge in [-0.3, -0.25) is 14.2 Å². The topological polar surface area (TPSA) is 53.0 Å². The summed E-state index contributed by atoms with van der Waals surface area (Å²) in [5.41, 5.74) is 7.31. The second-order valence-electron chi connectivity index (χ2n) is 2.96. The van der Waals surface area contributed by atoms with Crippen LogP contribution in [0.3, 0.4) is 0 Å². The lowest BCUT2D eigenvalue weighted by Gasteiger charge is -2.00. The van der Waals surface area contributed by atoms with Crippen molar-refractivity contribution >= 4 is 0 Å². The van der Waals surface area contributed by atoms with E-state index in [2.05, 4.69) is 0 Å². The monoisotopic (exact) mass is 169 g/mol. The van der Waals surface area contributed by atoms with Crippen molar-refractivity contribution in [3.8, 4) is 0 Å². The molecule has 0 atom stereocenters. The molecule has 1 heterocycles. The second-order valence-corrected chi connectivity index (χ2v) is 2.96. The number of hydrogen-bond donors (Lipinski definition) is 1. The van der Waals surface area contributed by atoms with E-state index in [1.165, 1.54) is 0 Å². The van der Waals surface area contributed by atoms with E-state index in [9.17, 15) is 4.79 Å². The van der Waals surface area contributed by atoms with Gasteiger partial charge in [0.1, 0.15) is 0 Å². The summed E-state index contributed by atoms with van der Waals surface area (Å²) >= 11 is 0. The Bertz CT molecular complexity index is 335. The highest BCUT2D eigenvalue weighted by Crippen LogP contribution is 2.01. The Kier molecular flexibility index (Phi) is 2.38. The van der Waals surface area contributed by atoms with Gasteiger partial charge in [0.15, 0.2) is 0 Å². The van der Waals surface area contributed by atoms with E-state index in [0.29, 0.717) is 13.0 Å². The molecule has 0 aromatic carbocycles. The van der Waals surface area contributed by atoms with Gasteiger partial charge in [-0.15, -0.1) is 0 Å². The minimum Gasteiger partial charge on any atom is -0.330 e. The summed E-state index contributed by atoms with van der Waals surface area (Å²) in [7, 11) is 3.63. The van der Waals surface area contributed by atoms with Gasteiger partial charge in [0, 0.05) is 25.4 Å². The lowest BCUT2D eigenvalue weighted by atomic mass is 10.2. The van der Waals surface area contributed by atoms with E-state index >= 15 is 0 Å². The Morgan fingerprint density at radius 3 is 2.25 bits per heavy atom. The first-order chi connectivity index (χ1) is 5.59. The lowest BCUT2D eigenvalue weighted by Crippen LogP contribution is -2.20. The van der Waals surface area contributed by atoms with Crippen molar-refractivity contribution in [1.29, 1.82) is 0 Å². The molecule has 0 fully saturated rings. The standard InChI is InChI=1S/C8H15N3O/c1-6-7(4-5-9)8(12)11(3)10(6)2/h4-5,9H2,1-3H3. The zero-order valence-corrected chi connectivity index (χ0v) is 7.79.